The Morgan fingerprint density at radius 2 is 2.24 bits per heavy atom. The Bertz CT molecular complexity index is 460. The molecule has 116 valence electrons. The average Bonchev–Trinajstić information content (AvgIpc) is 2.53. The van der Waals surface area contributed by atoms with Crippen molar-refractivity contribution in [2.75, 3.05) is 39.0 Å². The molecule has 6 heteroatoms. The van der Waals surface area contributed by atoms with E-state index in [9.17, 15) is 4.79 Å². The van der Waals surface area contributed by atoms with Crippen molar-refractivity contribution in [3.63, 3.8) is 0 Å². The highest BCUT2D eigenvalue weighted by Crippen LogP contribution is 2.16. The molecule has 2 heterocycles. The topological polar surface area (TPSA) is 61.4 Å². The summed E-state index contributed by atoms with van der Waals surface area (Å²) in [6.07, 6.45) is 6.42. The van der Waals surface area contributed by atoms with Crippen LogP contribution in [0.5, 0.6) is 0 Å². The summed E-state index contributed by atoms with van der Waals surface area (Å²) in [4.78, 5) is 25.0. The third kappa shape index (κ3) is 4.14. The van der Waals surface area contributed by atoms with Crippen LogP contribution in [-0.2, 0) is 0 Å². The first-order valence-electron chi connectivity index (χ1n) is 7.63. The van der Waals surface area contributed by atoms with E-state index in [1.54, 1.807) is 12.4 Å². The fourth-order valence-electron chi connectivity index (χ4n) is 2.51. The number of amides is 1. The Kier molecular flexibility index (Phi) is 5.50. The number of anilines is 1. The number of hydrogen-bond acceptors (Lipinski definition) is 5. The van der Waals surface area contributed by atoms with E-state index in [0.717, 1.165) is 44.7 Å². The normalized spacial score (nSPS) is 18.9. The molecule has 1 atom stereocenters. The Morgan fingerprint density at radius 3 is 2.86 bits per heavy atom. The summed E-state index contributed by atoms with van der Waals surface area (Å²) in [6, 6.07) is 0.432. The van der Waals surface area contributed by atoms with Crippen molar-refractivity contribution in [3.05, 3.63) is 18.1 Å². The number of rotatable bonds is 5. The fraction of sp³-hybridized carbons (Fsp3) is 0.667. The van der Waals surface area contributed by atoms with E-state index in [-0.39, 0.29) is 5.91 Å². The number of likely N-dealkylation sites (N-methyl/N-ethyl adjacent to an activating group) is 1. The zero-order valence-corrected chi connectivity index (χ0v) is 13.2. The van der Waals surface area contributed by atoms with Gasteiger partial charge in [0.25, 0.3) is 5.91 Å². The first kappa shape index (κ1) is 15.7. The van der Waals surface area contributed by atoms with Gasteiger partial charge in [0.2, 0.25) is 0 Å². The molecule has 0 aromatic carbocycles. The summed E-state index contributed by atoms with van der Waals surface area (Å²) in [6.45, 7) is 4.53. The smallest absolute Gasteiger partial charge is 0.274 e. The Morgan fingerprint density at radius 1 is 1.43 bits per heavy atom. The molecule has 0 aliphatic carbocycles. The van der Waals surface area contributed by atoms with Gasteiger partial charge in [-0.3, -0.25) is 4.79 Å². The Balaban J connectivity index is 1.99. The van der Waals surface area contributed by atoms with Gasteiger partial charge in [-0.2, -0.15) is 0 Å². The molecule has 0 radical (unpaired) electrons. The third-order valence-corrected chi connectivity index (χ3v) is 3.84. The molecule has 1 aliphatic rings. The molecule has 0 bridgehead atoms. The lowest BCUT2D eigenvalue weighted by Gasteiger charge is -2.35. The van der Waals surface area contributed by atoms with E-state index in [4.69, 9.17) is 0 Å². The van der Waals surface area contributed by atoms with Crippen molar-refractivity contribution >= 4 is 11.7 Å². The van der Waals surface area contributed by atoms with Crippen LogP contribution >= 0.6 is 0 Å². The van der Waals surface area contributed by atoms with E-state index in [1.807, 2.05) is 4.90 Å². The highest BCUT2D eigenvalue weighted by molar-refractivity contribution is 5.92. The lowest BCUT2D eigenvalue weighted by atomic mass is 10.0. The van der Waals surface area contributed by atoms with Gasteiger partial charge in [0.05, 0.1) is 12.4 Å². The molecule has 1 aromatic rings. The summed E-state index contributed by atoms with van der Waals surface area (Å²) in [5.74, 6) is 0.703. The van der Waals surface area contributed by atoms with Crippen LogP contribution in [0.1, 0.15) is 36.7 Å². The van der Waals surface area contributed by atoms with Gasteiger partial charge in [-0.25, -0.2) is 9.97 Å². The molecule has 1 fully saturated rings. The first-order chi connectivity index (χ1) is 10.1. The molecule has 1 aromatic heterocycles. The number of nitrogens with zero attached hydrogens (tertiary/aromatic N) is 4. The van der Waals surface area contributed by atoms with Crippen LogP contribution in [-0.4, -0.2) is 65.4 Å². The first-order valence-corrected chi connectivity index (χ1v) is 7.63. The summed E-state index contributed by atoms with van der Waals surface area (Å²) in [5, 5.41) is 3.16. The molecule has 0 saturated carbocycles. The van der Waals surface area contributed by atoms with Crippen molar-refractivity contribution in [3.8, 4) is 0 Å². The summed E-state index contributed by atoms with van der Waals surface area (Å²) in [5.41, 5.74) is 0.427. The zero-order valence-electron chi connectivity index (χ0n) is 13.2. The Hall–Kier alpha value is -1.69. The van der Waals surface area contributed by atoms with Crippen molar-refractivity contribution in [1.29, 1.82) is 0 Å². The summed E-state index contributed by atoms with van der Waals surface area (Å²) in [7, 11) is 4.12. The number of carbonyl (C=O) groups is 1. The summed E-state index contributed by atoms with van der Waals surface area (Å²) < 4.78 is 0. The largest absolute Gasteiger partial charge is 0.369 e. The maximum atomic E-state index is 12.5. The molecule has 1 saturated heterocycles. The maximum Gasteiger partial charge on any atom is 0.274 e. The number of likely N-dealkylation sites (tertiary alicyclic amines) is 1. The number of hydrogen-bond donors (Lipinski definition) is 1. The molecular weight excluding hydrogens is 266 g/mol. The lowest BCUT2D eigenvalue weighted by Crippen LogP contribution is -2.47. The van der Waals surface area contributed by atoms with Crippen LogP contribution in [0.3, 0.4) is 0 Å². The quantitative estimate of drug-likeness (QED) is 0.890. The second kappa shape index (κ2) is 7.36. The molecule has 2 rings (SSSR count). The second-order valence-corrected chi connectivity index (χ2v) is 5.72. The standard InChI is InChI=1S/C15H25N5O/c1-4-7-16-14-10-17-13(9-18-14)15(21)20-8-5-6-12(11-20)19(2)3/h9-10,12H,4-8,11H2,1-3H3,(H,16,18). The molecule has 1 amide bonds. The van der Waals surface area contributed by atoms with E-state index in [0.29, 0.717) is 11.7 Å². The van der Waals surface area contributed by atoms with Crippen molar-refractivity contribution in [1.82, 2.24) is 19.8 Å². The minimum Gasteiger partial charge on any atom is -0.369 e. The number of piperidine rings is 1. The predicted molar refractivity (Wildman–Crippen MR) is 83.4 cm³/mol. The molecule has 1 N–H and O–H groups in total. The van der Waals surface area contributed by atoms with Crippen LogP contribution in [0.2, 0.25) is 0 Å². The van der Waals surface area contributed by atoms with E-state index in [1.165, 1.54) is 0 Å². The van der Waals surface area contributed by atoms with Crippen LogP contribution in [0.25, 0.3) is 0 Å². The van der Waals surface area contributed by atoms with Crippen LogP contribution < -0.4 is 5.32 Å². The maximum absolute atomic E-state index is 12.5. The number of nitrogens with one attached hydrogen (secondary N) is 1. The highest BCUT2D eigenvalue weighted by Gasteiger charge is 2.26. The summed E-state index contributed by atoms with van der Waals surface area (Å²) >= 11 is 0. The molecule has 1 aliphatic heterocycles. The van der Waals surface area contributed by atoms with Gasteiger partial charge < -0.3 is 15.1 Å². The van der Waals surface area contributed by atoms with Crippen molar-refractivity contribution in [2.45, 2.75) is 32.2 Å². The van der Waals surface area contributed by atoms with Crippen LogP contribution in [0, 0.1) is 0 Å². The zero-order chi connectivity index (χ0) is 15.2. The molecular formula is C15H25N5O. The van der Waals surface area contributed by atoms with E-state index >= 15 is 0 Å². The second-order valence-electron chi connectivity index (χ2n) is 5.72. The van der Waals surface area contributed by atoms with Gasteiger partial charge in [0, 0.05) is 25.7 Å². The van der Waals surface area contributed by atoms with Gasteiger partial charge in [-0.15, -0.1) is 0 Å². The third-order valence-electron chi connectivity index (χ3n) is 3.84. The van der Waals surface area contributed by atoms with Crippen LogP contribution in [0.15, 0.2) is 12.4 Å². The fourth-order valence-corrected chi connectivity index (χ4v) is 2.51. The SMILES string of the molecule is CCCNc1cnc(C(=O)N2CCCC(N(C)C)C2)cn1. The molecule has 0 spiro atoms. The lowest BCUT2D eigenvalue weighted by molar-refractivity contribution is 0.0629. The molecule has 1 unspecified atom stereocenters. The monoisotopic (exact) mass is 291 g/mol. The van der Waals surface area contributed by atoms with E-state index in [2.05, 4.69) is 41.2 Å². The molecule has 6 nitrogen and oxygen atoms in total. The minimum atomic E-state index is -0.0175. The van der Waals surface area contributed by atoms with Crippen LogP contribution in [0.4, 0.5) is 5.82 Å². The Labute approximate surface area is 126 Å². The number of carbonyl (C=O) groups excluding carboxylic acids is 1. The van der Waals surface area contributed by atoms with Gasteiger partial charge in [-0.05, 0) is 33.4 Å². The number of aromatic nitrogens is 2. The van der Waals surface area contributed by atoms with Gasteiger partial charge in [-0.1, -0.05) is 6.92 Å². The molecule has 21 heavy (non-hydrogen) atoms. The minimum absolute atomic E-state index is 0.0175. The predicted octanol–water partition coefficient (Wildman–Crippen LogP) is 1.46. The highest BCUT2D eigenvalue weighted by atomic mass is 16.2. The average molecular weight is 291 g/mol. The van der Waals surface area contributed by atoms with E-state index < -0.39 is 0 Å². The van der Waals surface area contributed by atoms with Crippen molar-refractivity contribution in [2.24, 2.45) is 0 Å². The van der Waals surface area contributed by atoms with Gasteiger partial charge in [0.15, 0.2) is 0 Å². The van der Waals surface area contributed by atoms with Gasteiger partial charge in [0.1, 0.15) is 11.5 Å². The van der Waals surface area contributed by atoms with Gasteiger partial charge >= 0.3 is 0 Å². The van der Waals surface area contributed by atoms with Crippen molar-refractivity contribution < 1.29 is 4.79 Å².